The number of hydrogen-bond donors (Lipinski definition) is 1. The molecule has 1 atom stereocenters. The summed E-state index contributed by atoms with van der Waals surface area (Å²) in [6, 6.07) is 9.27. The molecule has 1 aromatic rings. The molecule has 0 saturated heterocycles. The Morgan fingerprint density at radius 3 is 2.04 bits per heavy atom. The van der Waals surface area contributed by atoms with E-state index in [1.54, 1.807) is 0 Å². The summed E-state index contributed by atoms with van der Waals surface area (Å²) in [5.74, 6) is -0.283. The van der Waals surface area contributed by atoms with Crippen LogP contribution in [0.1, 0.15) is 76.7 Å². The molecule has 0 bridgehead atoms. The third kappa shape index (κ3) is 10.4. The molecule has 0 radical (unpaired) electrons. The third-order valence-corrected chi connectivity index (χ3v) is 4.34. The van der Waals surface area contributed by atoms with Gasteiger partial charge in [-0.05, 0) is 18.4 Å². The minimum absolute atomic E-state index is 0.283. The molecule has 3 nitrogen and oxygen atoms in total. The molecule has 0 spiro atoms. The van der Waals surface area contributed by atoms with Crippen LogP contribution in [-0.4, -0.2) is 18.6 Å². The van der Waals surface area contributed by atoms with Gasteiger partial charge in [0.1, 0.15) is 6.04 Å². The maximum Gasteiger partial charge on any atom is 0.323 e. The Hall–Kier alpha value is -1.35. The number of benzene rings is 1. The second-order valence-electron chi connectivity index (χ2n) is 6.65. The Labute approximate surface area is 148 Å². The molecule has 0 heterocycles. The van der Waals surface area contributed by atoms with Crippen LogP contribution in [0.5, 0.6) is 0 Å². The van der Waals surface area contributed by atoms with E-state index < -0.39 is 6.04 Å². The highest BCUT2D eigenvalue weighted by Crippen LogP contribution is 2.10. The summed E-state index contributed by atoms with van der Waals surface area (Å²) in [5, 5.41) is 0. The second kappa shape index (κ2) is 14.0. The van der Waals surface area contributed by atoms with Crippen molar-refractivity contribution in [3.63, 3.8) is 0 Å². The van der Waals surface area contributed by atoms with Crippen molar-refractivity contribution in [2.24, 2.45) is 5.73 Å². The number of rotatable bonds is 14. The van der Waals surface area contributed by atoms with E-state index in [4.69, 9.17) is 10.5 Å². The zero-order valence-corrected chi connectivity index (χ0v) is 15.3. The average Bonchev–Trinajstić information content (AvgIpc) is 2.60. The largest absolute Gasteiger partial charge is 0.465 e. The Bertz CT molecular complexity index is 419. The lowest BCUT2D eigenvalue weighted by atomic mass is 10.1. The first-order chi connectivity index (χ1) is 11.7. The lowest BCUT2D eigenvalue weighted by Gasteiger charge is -2.11. The van der Waals surface area contributed by atoms with Gasteiger partial charge in [0.25, 0.3) is 0 Å². The highest BCUT2D eigenvalue weighted by molar-refractivity contribution is 5.75. The maximum atomic E-state index is 11.9. The van der Waals surface area contributed by atoms with Crippen LogP contribution in [0.3, 0.4) is 0 Å². The summed E-state index contributed by atoms with van der Waals surface area (Å²) in [5.41, 5.74) is 6.98. The van der Waals surface area contributed by atoms with Gasteiger partial charge < -0.3 is 10.5 Å². The Morgan fingerprint density at radius 1 is 0.917 bits per heavy atom. The first-order valence-electron chi connectivity index (χ1n) is 9.70. The van der Waals surface area contributed by atoms with Gasteiger partial charge in [-0.2, -0.15) is 0 Å². The van der Waals surface area contributed by atoms with Crippen molar-refractivity contribution in [2.75, 3.05) is 6.61 Å². The summed E-state index contributed by atoms with van der Waals surface area (Å²) in [6.07, 6.45) is 13.3. The summed E-state index contributed by atoms with van der Waals surface area (Å²) in [4.78, 5) is 11.9. The lowest BCUT2D eigenvalue weighted by molar-refractivity contribution is -0.145. The van der Waals surface area contributed by atoms with Gasteiger partial charge in [-0.15, -0.1) is 0 Å². The summed E-state index contributed by atoms with van der Waals surface area (Å²) in [7, 11) is 0. The molecule has 0 unspecified atom stereocenters. The van der Waals surface area contributed by atoms with Gasteiger partial charge in [-0.3, -0.25) is 4.79 Å². The van der Waals surface area contributed by atoms with E-state index in [2.05, 4.69) is 6.92 Å². The molecule has 0 aliphatic heterocycles. The van der Waals surface area contributed by atoms with Crippen LogP contribution in [0.25, 0.3) is 0 Å². The molecule has 0 fully saturated rings. The number of carbonyl (C=O) groups is 1. The van der Waals surface area contributed by atoms with Crippen molar-refractivity contribution < 1.29 is 9.53 Å². The van der Waals surface area contributed by atoms with E-state index in [1.807, 2.05) is 30.3 Å². The standard InChI is InChI=1S/C21H35NO2/c1-2-3-4-5-6-7-8-9-10-14-17-24-21(23)20(22)18-19-15-12-11-13-16-19/h11-13,15-16,20H,2-10,14,17-18,22H2,1H3/t20-/m1/s1. The number of ether oxygens (including phenoxy) is 1. The van der Waals surface area contributed by atoms with Gasteiger partial charge in [0, 0.05) is 0 Å². The topological polar surface area (TPSA) is 52.3 Å². The monoisotopic (exact) mass is 333 g/mol. The van der Waals surface area contributed by atoms with Gasteiger partial charge in [0.05, 0.1) is 6.61 Å². The van der Waals surface area contributed by atoms with Gasteiger partial charge in [-0.1, -0.05) is 95.0 Å². The molecule has 3 heteroatoms. The smallest absolute Gasteiger partial charge is 0.323 e. The van der Waals surface area contributed by atoms with E-state index in [0.29, 0.717) is 13.0 Å². The zero-order valence-electron chi connectivity index (χ0n) is 15.3. The van der Waals surface area contributed by atoms with Gasteiger partial charge >= 0.3 is 5.97 Å². The maximum absolute atomic E-state index is 11.9. The predicted octanol–water partition coefficient (Wildman–Crippen LogP) is 5.02. The molecule has 136 valence electrons. The minimum atomic E-state index is -0.560. The number of unbranched alkanes of at least 4 members (excludes halogenated alkanes) is 9. The number of hydrogen-bond acceptors (Lipinski definition) is 3. The second-order valence-corrected chi connectivity index (χ2v) is 6.65. The molecule has 0 saturated carbocycles. The molecule has 1 aromatic carbocycles. The molecule has 0 amide bonds. The molecule has 24 heavy (non-hydrogen) atoms. The zero-order chi connectivity index (χ0) is 17.5. The lowest BCUT2D eigenvalue weighted by Crippen LogP contribution is -2.34. The van der Waals surface area contributed by atoms with Gasteiger partial charge in [0.15, 0.2) is 0 Å². The predicted molar refractivity (Wildman–Crippen MR) is 101 cm³/mol. The summed E-state index contributed by atoms with van der Waals surface area (Å²) < 4.78 is 5.28. The highest BCUT2D eigenvalue weighted by Gasteiger charge is 2.15. The van der Waals surface area contributed by atoms with Crippen LogP contribution in [0.4, 0.5) is 0 Å². The van der Waals surface area contributed by atoms with E-state index in [0.717, 1.165) is 18.4 Å². The number of carbonyl (C=O) groups excluding carboxylic acids is 1. The van der Waals surface area contributed by atoms with Crippen molar-refractivity contribution in [1.29, 1.82) is 0 Å². The van der Waals surface area contributed by atoms with Crippen molar-refractivity contribution in [3.05, 3.63) is 35.9 Å². The van der Waals surface area contributed by atoms with Crippen LogP contribution in [-0.2, 0) is 16.0 Å². The average molecular weight is 334 g/mol. The highest BCUT2D eigenvalue weighted by atomic mass is 16.5. The van der Waals surface area contributed by atoms with Gasteiger partial charge in [0.2, 0.25) is 0 Å². The van der Waals surface area contributed by atoms with Crippen LogP contribution in [0.2, 0.25) is 0 Å². The van der Waals surface area contributed by atoms with E-state index in [9.17, 15) is 4.79 Å². The summed E-state index contributed by atoms with van der Waals surface area (Å²) >= 11 is 0. The first-order valence-corrected chi connectivity index (χ1v) is 9.70. The first kappa shape index (κ1) is 20.7. The molecule has 1 rings (SSSR count). The van der Waals surface area contributed by atoms with E-state index in [-0.39, 0.29) is 5.97 Å². The van der Waals surface area contributed by atoms with Crippen molar-refractivity contribution in [1.82, 2.24) is 0 Å². The fraction of sp³-hybridized carbons (Fsp3) is 0.667. The molecule has 0 aromatic heterocycles. The number of esters is 1. The Balaban J connectivity index is 1.94. The SMILES string of the molecule is CCCCCCCCCCCCOC(=O)[C@H](N)Cc1ccccc1. The molecule has 0 aliphatic rings. The van der Waals surface area contributed by atoms with E-state index in [1.165, 1.54) is 51.4 Å². The number of nitrogens with two attached hydrogens (primary N) is 1. The van der Waals surface area contributed by atoms with Crippen LogP contribution >= 0.6 is 0 Å². The minimum Gasteiger partial charge on any atom is -0.465 e. The van der Waals surface area contributed by atoms with Crippen molar-refractivity contribution in [2.45, 2.75) is 83.6 Å². The molecular formula is C21H35NO2. The fourth-order valence-electron chi connectivity index (χ4n) is 2.82. The molecule has 2 N–H and O–H groups in total. The van der Waals surface area contributed by atoms with Crippen molar-refractivity contribution >= 4 is 5.97 Å². The van der Waals surface area contributed by atoms with E-state index >= 15 is 0 Å². The summed E-state index contributed by atoms with van der Waals surface area (Å²) in [6.45, 7) is 2.75. The van der Waals surface area contributed by atoms with Crippen LogP contribution in [0.15, 0.2) is 30.3 Å². The van der Waals surface area contributed by atoms with Crippen molar-refractivity contribution in [3.8, 4) is 0 Å². The molecular weight excluding hydrogens is 298 g/mol. The van der Waals surface area contributed by atoms with Crippen LogP contribution in [0, 0.1) is 0 Å². The normalized spacial score (nSPS) is 12.1. The Morgan fingerprint density at radius 2 is 1.46 bits per heavy atom. The third-order valence-electron chi connectivity index (χ3n) is 4.34. The van der Waals surface area contributed by atoms with Crippen LogP contribution < -0.4 is 5.73 Å². The fourth-order valence-corrected chi connectivity index (χ4v) is 2.82. The van der Waals surface area contributed by atoms with Gasteiger partial charge in [-0.25, -0.2) is 0 Å². The molecule has 0 aliphatic carbocycles. The quantitative estimate of drug-likeness (QED) is 0.384. The Kier molecular flexibility index (Phi) is 12.1.